The van der Waals surface area contributed by atoms with Crippen LogP contribution in [-0.2, 0) is 14.2 Å². The summed E-state index contributed by atoms with van der Waals surface area (Å²) in [4.78, 5) is 0. The summed E-state index contributed by atoms with van der Waals surface area (Å²) >= 11 is 0. The fourth-order valence-electron chi connectivity index (χ4n) is 2.18. The van der Waals surface area contributed by atoms with Crippen molar-refractivity contribution in [1.29, 1.82) is 0 Å². The molecule has 0 spiro atoms. The summed E-state index contributed by atoms with van der Waals surface area (Å²) in [6.45, 7) is 9.64. The highest BCUT2D eigenvalue weighted by Crippen LogP contribution is 2.18. The van der Waals surface area contributed by atoms with Crippen LogP contribution in [0.4, 0.5) is 0 Å². The van der Waals surface area contributed by atoms with Crippen LogP contribution in [0.25, 0.3) is 0 Å². The Bertz CT molecular complexity index is 208. The van der Waals surface area contributed by atoms with Gasteiger partial charge in [-0.05, 0) is 19.3 Å². The quantitative estimate of drug-likeness (QED) is 0.476. The SMILES string of the molecule is CCC(CO)(CCCOCCOCCOC)NC(C)C. The first kappa shape index (κ1) is 19.8. The molecule has 2 N–H and O–H groups in total. The van der Waals surface area contributed by atoms with Gasteiger partial charge >= 0.3 is 0 Å². The minimum atomic E-state index is -0.174. The second-order valence-corrected chi connectivity index (χ2v) is 5.41. The van der Waals surface area contributed by atoms with Crippen LogP contribution in [0.3, 0.4) is 0 Å². The maximum atomic E-state index is 9.61. The first-order valence-electron chi connectivity index (χ1n) is 7.63. The summed E-state index contributed by atoms with van der Waals surface area (Å²) in [6, 6.07) is 0.372. The van der Waals surface area contributed by atoms with Gasteiger partial charge in [0, 0.05) is 25.3 Å². The van der Waals surface area contributed by atoms with Gasteiger partial charge in [-0.1, -0.05) is 20.8 Å². The zero-order chi connectivity index (χ0) is 15.3. The predicted molar refractivity (Wildman–Crippen MR) is 81.1 cm³/mol. The van der Waals surface area contributed by atoms with Gasteiger partial charge in [0.1, 0.15) is 0 Å². The van der Waals surface area contributed by atoms with E-state index >= 15 is 0 Å². The number of ether oxygens (including phenoxy) is 3. The van der Waals surface area contributed by atoms with Gasteiger partial charge in [-0.25, -0.2) is 0 Å². The lowest BCUT2D eigenvalue weighted by Crippen LogP contribution is -2.51. The molecule has 0 heterocycles. The molecule has 0 saturated heterocycles. The molecule has 0 bridgehead atoms. The zero-order valence-corrected chi connectivity index (χ0v) is 13.6. The fraction of sp³-hybridized carbons (Fsp3) is 1.00. The van der Waals surface area contributed by atoms with E-state index in [0.717, 1.165) is 19.3 Å². The Morgan fingerprint density at radius 1 is 1.05 bits per heavy atom. The molecule has 1 atom stereocenters. The van der Waals surface area contributed by atoms with Crippen LogP contribution in [0.1, 0.15) is 40.0 Å². The van der Waals surface area contributed by atoms with Gasteiger partial charge in [0.05, 0.1) is 33.0 Å². The number of hydrogen-bond donors (Lipinski definition) is 2. The van der Waals surface area contributed by atoms with Gasteiger partial charge < -0.3 is 24.6 Å². The summed E-state index contributed by atoms with van der Waals surface area (Å²) < 4.78 is 15.7. The zero-order valence-electron chi connectivity index (χ0n) is 13.6. The normalized spacial score (nSPS) is 14.7. The van der Waals surface area contributed by atoms with Crippen LogP contribution in [0.5, 0.6) is 0 Å². The predicted octanol–water partition coefficient (Wildman–Crippen LogP) is 1.59. The molecule has 5 nitrogen and oxygen atoms in total. The fourth-order valence-corrected chi connectivity index (χ4v) is 2.18. The number of nitrogens with one attached hydrogen (secondary N) is 1. The second kappa shape index (κ2) is 12.5. The standard InChI is InChI=1S/C15H33NO4/c1-5-15(13-17,16-14(2)3)7-6-8-19-11-12-20-10-9-18-4/h14,16-17H,5-13H2,1-4H3. The van der Waals surface area contributed by atoms with Crippen molar-refractivity contribution in [3.05, 3.63) is 0 Å². The molecule has 0 rings (SSSR count). The van der Waals surface area contributed by atoms with Crippen LogP contribution in [0, 0.1) is 0 Å². The van der Waals surface area contributed by atoms with Crippen molar-refractivity contribution in [2.24, 2.45) is 0 Å². The molecule has 0 aliphatic heterocycles. The molecule has 0 aliphatic carbocycles. The highest BCUT2D eigenvalue weighted by molar-refractivity contribution is 4.87. The Hall–Kier alpha value is -0.200. The molecule has 20 heavy (non-hydrogen) atoms. The molecule has 0 aromatic rings. The Morgan fingerprint density at radius 2 is 1.65 bits per heavy atom. The number of rotatable bonds is 14. The summed E-state index contributed by atoms with van der Waals surface area (Å²) in [5.74, 6) is 0. The highest BCUT2D eigenvalue weighted by Gasteiger charge is 2.26. The average Bonchev–Trinajstić information content (AvgIpc) is 2.44. The molecule has 0 radical (unpaired) electrons. The van der Waals surface area contributed by atoms with Crippen molar-refractivity contribution < 1.29 is 19.3 Å². The molecule has 5 heteroatoms. The van der Waals surface area contributed by atoms with E-state index in [2.05, 4.69) is 26.1 Å². The molecule has 0 aromatic heterocycles. The molecule has 0 fully saturated rings. The second-order valence-electron chi connectivity index (χ2n) is 5.41. The maximum Gasteiger partial charge on any atom is 0.0701 e. The topological polar surface area (TPSA) is 60.0 Å². The van der Waals surface area contributed by atoms with E-state index in [9.17, 15) is 5.11 Å². The molecule has 0 amide bonds. The number of methoxy groups -OCH3 is 1. The van der Waals surface area contributed by atoms with E-state index in [0.29, 0.717) is 39.1 Å². The van der Waals surface area contributed by atoms with Gasteiger partial charge in [0.25, 0.3) is 0 Å². The van der Waals surface area contributed by atoms with E-state index in [-0.39, 0.29) is 12.1 Å². The molecule has 1 unspecified atom stereocenters. The Labute approximate surface area is 124 Å². The Morgan fingerprint density at radius 3 is 2.15 bits per heavy atom. The van der Waals surface area contributed by atoms with E-state index in [1.165, 1.54) is 0 Å². The lowest BCUT2D eigenvalue weighted by molar-refractivity contribution is 0.0214. The van der Waals surface area contributed by atoms with E-state index in [1.54, 1.807) is 7.11 Å². The van der Waals surface area contributed by atoms with Crippen LogP contribution < -0.4 is 5.32 Å². The van der Waals surface area contributed by atoms with Gasteiger partial charge in [-0.3, -0.25) is 0 Å². The first-order valence-corrected chi connectivity index (χ1v) is 7.63. The lowest BCUT2D eigenvalue weighted by atomic mass is 9.90. The Balaban J connectivity index is 3.64. The molecule has 0 saturated carbocycles. The first-order chi connectivity index (χ1) is 9.60. The number of aliphatic hydroxyl groups excluding tert-OH is 1. The molecule has 122 valence electrons. The van der Waals surface area contributed by atoms with Crippen LogP contribution in [0.2, 0.25) is 0 Å². The van der Waals surface area contributed by atoms with E-state index < -0.39 is 0 Å². The summed E-state index contributed by atoms with van der Waals surface area (Å²) in [5.41, 5.74) is -0.174. The number of aliphatic hydroxyl groups is 1. The lowest BCUT2D eigenvalue weighted by Gasteiger charge is -2.34. The summed E-state index contributed by atoms with van der Waals surface area (Å²) in [6.07, 6.45) is 2.77. The Kier molecular flexibility index (Phi) is 12.4. The molecular formula is C15H33NO4. The smallest absolute Gasteiger partial charge is 0.0701 e. The summed E-state index contributed by atoms with van der Waals surface area (Å²) in [7, 11) is 1.66. The van der Waals surface area contributed by atoms with Crippen molar-refractivity contribution in [1.82, 2.24) is 5.32 Å². The van der Waals surface area contributed by atoms with Crippen LogP contribution in [0.15, 0.2) is 0 Å². The van der Waals surface area contributed by atoms with Crippen LogP contribution >= 0.6 is 0 Å². The van der Waals surface area contributed by atoms with Crippen LogP contribution in [-0.4, -0.2) is 63.4 Å². The van der Waals surface area contributed by atoms with Gasteiger partial charge in [0.15, 0.2) is 0 Å². The van der Waals surface area contributed by atoms with Crippen molar-refractivity contribution in [2.75, 3.05) is 46.8 Å². The molecular weight excluding hydrogens is 258 g/mol. The van der Waals surface area contributed by atoms with E-state index in [4.69, 9.17) is 14.2 Å². The van der Waals surface area contributed by atoms with Gasteiger partial charge in [-0.15, -0.1) is 0 Å². The third-order valence-electron chi connectivity index (χ3n) is 3.32. The minimum Gasteiger partial charge on any atom is -0.394 e. The maximum absolute atomic E-state index is 9.61. The monoisotopic (exact) mass is 291 g/mol. The average molecular weight is 291 g/mol. The van der Waals surface area contributed by atoms with Crippen molar-refractivity contribution in [3.63, 3.8) is 0 Å². The molecule has 0 aliphatic rings. The number of hydrogen-bond acceptors (Lipinski definition) is 5. The third kappa shape index (κ3) is 9.66. The third-order valence-corrected chi connectivity index (χ3v) is 3.32. The summed E-state index contributed by atoms with van der Waals surface area (Å²) in [5, 5.41) is 13.1. The van der Waals surface area contributed by atoms with Gasteiger partial charge in [-0.2, -0.15) is 0 Å². The van der Waals surface area contributed by atoms with Crippen molar-refractivity contribution in [2.45, 2.75) is 51.6 Å². The van der Waals surface area contributed by atoms with Gasteiger partial charge in [0.2, 0.25) is 0 Å². The largest absolute Gasteiger partial charge is 0.394 e. The van der Waals surface area contributed by atoms with E-state index in [1.807, 2.05) is 0 Å². The van der Waals surface area contributed by atoms with Crippen molar-refractivity contribution >= 4 is 0 Å². The van der Waals surface area contributed by atoms with Crippen molar-refractivity contribution in [3.8, 4) is 0 Å². The molecule has 0 aromatic carbocycles. The minimum absolute atomic E-state index is 0.168. The highest BCUT2D eigenvalue weighted by atomic mass is 16.5.